The predicted molar refractivity (Wildman–Crippen MR) is 152 cm³/mol. The van der Waals surface area contributed by atoms with E-state index < -0.39 is 5.97 Å². The van der Waals surface area contributed by atoms with Gasteiger partial charge in [-0.3, -0.25) is 9.48 Å². The largest absolute Gasteiger partial charge is 0.465 e. The zero-order valence-electron chi connectivity index (χ0n) is 21.2. The van der Waals surface area contributed by atoms with Crippen molar-refractivity contribution in [1.29, 1.82) is 0 Å². The van der Waals surface area contributed by atoms with Crippen LogP contribution >= 0.6 is 39.5 Å². The van der Waals surface area contributed by atoms with Gasteiger partial charge in [-0.15, -0.1) is 11.3 Å². The number of nitrogens with one attached hydrogen (secondary N) is 2. The lowest BCUT2D eigenvalue weighted by Crippen LogP contribution is -2.30. The molecular weight excluding hydrogens is 562 g/mol. The third-order valence-electron chi connectivity index (χ3n) is 5.87. The molecule has 0 fully saturated rings. The van der Waals surface area contributed by atoms with Gasteiger partial charge in [0.25, 0.3) is 5.91 Å². The van der Waals surface area contributed by atoms with Crippen molar-refractivity contribution >= 4 is 67.2 Å². The molecule has 0 aliphatic heterocycles. The van der Waals surface area contributed by atoms with Gasteiger partial charge in [-0.1, -0.05) is 28.1 Å². The van der Waals surface area contributed by atoms with Gasteiger partial charge in [0.05, 0.1) is 41.2 Å². The normalized spacial score (nSPS) is 10.8. The van der Waals surface area contributed by atoms with Gasteiger partial charge in [-0.2, -0.15) is 5.10 Å². The highest BCUT2D eigenvalue weighted by atomic mass is 79.9. The number of aryl methyl sites for hydroxylation is 1. The molecule has 2 N–H and O–H groups in total. The molecule has 0 atom stereocenters. The Morgan fingerprint density at radius 1 is 1.14 bits per heavy atom. The molecule has 0 saturated carbocycles. The quantitative estimate of drug-likeness (QED) is 0.254. The van der Waals surface area contributed by atoms with Gasteiger partial charge in [0.1, 0.15) is 5.00 Å². The SMILES string of the molecule is CCN(CC)C(=O)c1sc(NC(=S)Nc2c(C)nn(Cc3ccc(Br)cc3)c2C)c(C(=O)OC)c1C. The maximum absolute atomic E-state index is 13.0. The van der Waals surface area contributed by atoms with Crippen molar-refractivity contribution < 1.29 is 14.3 Å². The first-order valence-electron chi connectivity index (χ1n) is 11.5. The Labute approximate surface area is 229 Å². The fraction of sp³-hybridized carbons (Fsp3) is 0.360. The van der Waals surface area contributed by atoms with E-state index in [1.807, 2.05) is 56.6 Å². The number of thiocarbonyl (C=S) groups is 1. The highest BCUT2D eigenvalue weighted by molar-refractivity contribution is 9.10. The van der Waals surface area contributed by atoms with Crippen LogP contribution in [0.2, 0.25) is 0 Å². The van der Waals surface area contributed by atoms with Crippen LogP contribution in [0.15, 0.2) is 28.7 Å². The maximum atomic E-state index is 13.0. The topological polar surface area (TPSA) is 88.5 Å². The molecule has 8 nitrogen and oxygen atoms in total. The Balaban J connectivity index is 1.85. The minimum Gasteiger partial charge on any atom is -0.465 e. The van der Waals surface area contributed by atoms with Gasteiger partial charge < -0.3 is 20.3 Å². The molecule has 0 spiro atoms. The van der Waals surface area contributed by atoms with Crippen LogP contribution in [0.3, 0.4) is 0 Å². The van der Waals surface area contributed by atoms with Gasteiger partial charge in [0, 0.05) is 17.6 Å². The van der Waals surface area contributed by atoms with Gasteiger partial charge in [-0.05, 0) is 70.1 Å². The number of aromatic nitrogens is 2. The maximum Gasteiger partial charge on any atom is 0.341 e. The number of methoxy groups -OCH3 is 1. The molecule has 36 heavy (non-hydrogen) atoms. The molecule has 0 radical (unpaired) electrons. The fourth-order valence-corrected chi connectivity index (χ4v) is 5.55. The Hall–Kier alpha value is -2.76. The lowest BCUT2D eigenvalue weighted by molar-refractivity contribution is 0.0601. The summed E-state index contributed by atoms with van der Waals surface area (Å²) >= 11 is 10.2. The van der Waals surface area contributed by atoms with E-state index in [9.17, 15) is 9.59 Å². The second kappa shape index (κ2) is 12.0. The Bertz CT molecular complexity index is 1280. The first-order valence-corrected chi connectivity index (χ1v) is 13.5. The molecular formula is C25H30BrN5O3S2. The van der Waals surface area contributed by atoms with E-state index in [4.69, 9.17) is 17.0 Å². The van der Waals surface area contributed by atoms with Gasteiger partial charge >= 0.3 is 5.97 Å². The van der Waals surface area contributed by atoms with Crippen molar-refractivity contribution in [2.75, 3.05) is 30.8 Å². The monoisotopic (exact) mass is 591 g/mol. The number of nitrogens with zero attached hydrogens (tertiary/aromatic N) is 3. The van der Waals surface area contributed by atoms with Crippen molar-refractivity contribution in [3.05, 3.63) is 61.7 Å². The number of halogens is 1. The van der Waals surface area contributed by atoms with Crippen LogP contribution in [-0.2, 0) is 11.3 Å². The molecule has 3 aromatic rings. The zero-order chi connectivity index (χ0) is 26.6. The average Bonchev–Trinajstić information content (AvgIpc) is 3.31. The fourth-order valence-electron chi connectivity index (χ4n) is 3.85. The molecule has 0 saturated heterocycles. The molecule has 1 aromatic carbocycles. The molecule has 2 heterocycles. The van der Waals surface area contributed by atoms with Crippen LogP contribution in [0.1, 0.15) is 56.4 Å². The number of carbonyl (C=O) groups is 2. The highest BCUT2D eigenvalue weighted by Gasteiger charge is 2.28. The number of hydrogen-bond donors (Lipinski definition) is 2. The van der Waals surface area contributed by atoms with E-state index in [-0.39, 0.29) is 11.0 Å². The summed E-state index contributed by atoms with van der Waals surface area (Å²) < 4.78 is 7.93. The third kappa shape index (κ3) is 5.96. The number of anilines is 2. The summed E-state index contributed by atoms with van der Waals surface area (Å²) in [7, 11) is 1.32. The summed E-state index contributed by atoms with van der Waals surface area (Å²) in [4.78, 5) is 27.8. The smallest absolute Gasteiger partial charge is 0.341 e. The molecule has 0 aliphatic carbocycles. The van der Waals surface area contributed by atoms with Crippen LogP contribution in [0.25, 0.3) is 0 Å². The number of rotatable bonds is 8. The van der Waals surface area contributed by atoms with Crippen molar-refractivity contribution in [1.82, 2.24) is 14.7 Å². The Morgan fingerprint density at radius 2 is 1.78 bits per heavy atom. The molecule has 0 unspecified atom stereocenters. The minimum atomic E-state index is -0.526. The molecule has 1 amide bonds. The van der Waals surface area contributed by atoms with Crippen molar-refractivity contribution in [2.45, 2.75) is 41.2 Å². The standard InChI is InChI=1S/C25H30BrN5O3S2/c1-7-30(8-2)23(32)21-14(3)19(24(33)34-6)22(36-21)28-25(35)27-20-15(4)29-31(16(20)5)13-17-9-11-18(26)12-10-17/h9-12H,7-8,13H2,1-6H3,(H2,27,28,35). The number of carbonyl (C=O) groups excluding carboxylic acids is 2. The summed E-state index contributed by atoms with van der Waals surface area (Å²) in [5.74, 6) is -0.650. The predicted octanol–water partition coefficient (Wildman–Crippen LogP) is 5.76. The third-order valence-corrected chi connectivity index (χ3v) is 7.80. The lowest BCUT2D eigenvalue weighted by Gasteiger charge is -2.18. The number of benzene rings is 1. The van der Waals surface area contributed by atoms with E-state index in [0.717, 1.165) is 27.1 Å². The van der Waals surface area contributed by atoms with Crippen molar-refractivity contribution in [3.63, 3.8) is 0 Å². The van der Waals surface area contributed by atoms with E-state index in [2.05, 4.69) is 31.7 Å². The Morgan fingerprint density at radius 3 is 2.36 bits per heavy atom. The second-order valence-electron chi connectivity index (χ2n) is 8.14. The van der Waals surface area contributed by atoms with E-state index in [1.165, 1.54) is 18.4 Å². The van der Waals surface area contributed by atoms with Crippen molar-refractivity contribution in [2.24, 2.45) is 0 Å². The molecule has 2 aromatic heterocycles. The van der Waals surface area contributed by atoms with Gasteiger partial charge in [-0.25, -0.2) is 4.79 Å². The second-order valence-corrected chi connectivity index (χ2v) is 10.5. The summed E-state index contributed by atoms with van der Waals surface area (Å²) in [6.07, 6.45) is 0. The molecule has 11 heteroatoms. The molecule has 192 valence electrons. The van der Waals surface area contributed by atoms with Gasteiger partial charge in [0.15, 0.2) is 5.11 Å². The number of hydrogen-bond acceptors (Lipinski definition) is 6. The number of esters is 1. The Kier molecular flexibility index (Phi) is 9.26. The summed E-state index contributed by atoms with van der Waals surface area (Å²) in [5.41, 5.74) is 4.51. The first-order chi connectivity index (χ1) is 17.1. The van der Waals surface area contributed by atoms with E-state index in [0.29, 0.717) is 40.6 Å². The summed E-state index contributed by atoms with van der Waals surface area (Å²) in [6, 6.07) is 8.09. The molecule has 3 rings (SSSR count). The van der Waals surface area contributed by atoms with Crippen LogP contribution < -0.4 is 10.6 Å². The number of amides is 1. The highest BCUT2D eigenvalue weighted by Crippen LogP contribution is 2.35. The van der Waals surface area contributed by atoms with Gasteiger partial charge in [0.2, 0.25) is 0 Å². The zero-order valence-corrected chi connectivity index (χ0v) is 24.4. The molecule has 0 aliphatic rings. The summed E-state index contributed by atoms with van der Waals surface area (Å²) in [6.45, 7) is 11.2. The van der Waals surface area contributed by atoms with E-state index >= 15 is 0 Å². The van der Waals surface area contributed by atoms with Crippen LogP contribution in [-0.4, -0.2) is 51.9 Å². The van der Waals surface area contributed by atoms with Crippen LogP contribution in [0, 0.1) is 20.8 Å². The first kappa shape index (κ1) is 27.8. The number of thiophene rings is 1. The summed E-state index contributed by atoms with van der Waals surface area (Å²) in [5, 5.41) is 11.7. The number of ether oxygens (including phenoxy) is 1. The molecule has 0 bridgehead atoms. The average molecular weight is 593 g/mol. The minimum absolute atomic E-state index is 0.125. The lowest BCUT2D eigenvalue weighted by atomic mass is 10.1. The van der Waals surface area contributed by atoms with Crippen LogP contribution in [0.4, 0.5) is 10.7 Å². The van der Waals surface area contributed by atoms with Crippen LogP contribution in [0.5, 0.6) is 0 Å². The van der Waals surface area contributed by atoms with E-state index in [1.54, 1.807) is 11.8 Å². The van der Waals surface area contributed by atoms with Crippen molar-refractivity contribution in [3.8, 4) is 0 Å².